The van der Waals surface area contributed by atoms with E-state index in [0.717, 1.165) is 22.0 Å². The standard InChI is InChI=1S/C36H46N4O7/c1-20-16-21(2)24(5)47-36(45)32(46-7)31(25-12-14-27(41)15-13-25)39-34(43)30(18-26-19-37-29-11-9-8-10-28(26)29)40(6)35(44)23(4)38-33(42)22(3)17-20/h8-16,19,21-24,30-32,37,41H,17-18H2,1-7H3,(H,38,42)(H,39,43)/b20-16-/t21-,22-,23-,24+,30+,31-,32-/m0/s1. The van der Waals surface area contributed by atoms with Crippen LogP contribution in [0, 0.1) is 11.8 Å². The lowest BCUT2D eigenvalue weighted by atomic mass is 9.95. The molecule has 1 aromatic heterocycles. The van der Waals surface area contributed by atoms with Crippen molar-refractivity contribution in [2.24, 2.45) is 11.8 Å². The number of carbonyl (C=O) groups is 4. The zero-order valence-corrected chi connectivity index (χ0v) is 28.1. The number of methoxy groups -OCH3 is 1. The van der Waals surface area contributed by atoms with Gasteiger partial charge >= 0.3 is 5.97 Å². The fourth-order valence-corrected chi connectivity index (χ4v) is 6.01. The monoisotopic (exact) mass is 646 g/mol. The first-order valence-corrected chi connectivity index (χ1v) is 15.9. The number of aromatic nitrogens is 1. The van der Waals surface area contributed by atoms with E-state index in [2.05, 4.69) is 15.6 Å². The molecule has 7 atom stereocenters. The van der Waals surface area contributed by atoms with Crippen molar-refractivity contribution >= 4 is 34.6 Å². The number of para-hydroxylation sites is 1. The smallest absolute Gasteiger partial charge is 0.338 e. The van der Waals surface area contributed by atoms with E-state index in [1.165, 1.54) is 31.2 Å². The van der Waals surface area contributed by atoms with Crippen molar-refractivity contribution in [2.75, 3.05) is 14.2 Å². The number of nitrogens with one attached hydrogen (secondary N) is 3. The molecule has 0 fully saturated rings. The Labute approximate surface area is 275 Å². The van der Waals surface area contributed by atoms with E-state index in [9.17, 15) is 24.3 Å². The van der Waals surface area contributed by atoms with Crippen molar-refractivity contribution in [3.63, 3.8) is 0 Å². The molecule has 2 aromatic carbocycles. The van der Waals surface area contributed by atoms with E-state index in [4.69, 9.17) is 9.47 Å². The first-order chi connectivity index (χ1) is 22.3. The second-order valence-corrected chi connectivity index (χ2v) is 12.6. The molecule has 4 rings (SSSR count). The number of H-pyrrole nitrogens is 1. The summed E-state index contributed by atoms with van der Waals surface area (Å²) in [4.78, 5) is 59.6. The average Bonchev–Trinajstić information content (AvgIpc) is 3.45. The molecule has 0 saturated heterocycles. The van der Waals surface area contributed by atoms with Gasteiger partial charge < -0.3 is 35.1 Å². The lowest BCUT2D eigenvalue weighted by Gasteiger charge is -2.33. The normalized spacial score (nSPS) is 28.4. The summed E-state index contributed by atoms with van der Waals surface area (Å²) in [6.45, 7) is 9.00. The Bertz CT molecular complexity index is 1610. The van der Waals surface area contributed by atoms with Crippen molar-refractivity contribution in [3.05, 3.63) is 77.5 Å². The Morgan fingerprint density at radius 1 is 0.957 bits per heavy atom. The summed E-state index contributed by atoms with van der Waals surface area (Å²) < 4.78 is 11.6. The molecule has 0 aliphatic carbocycles. The van der Waals surface area contributed by atoms with Crippen LogP contribution >= 0.6 is 0 Å². The number of aromatic hydroxyl groups is 1. The molecular formula is C36H46N4O7. The van der Waals surface area contributed by atoms with Crippen LogP contribution in [0.3, 0.4) is 0 Å². The zero-order chi connectivity index (χ0) is 34.4. The number of carbonyl (C=O) groups excluding carboxylic acids is 4. The number of rotatable bonds is 4. The van der Waals surface area contributed by atoms with E-state index < -0.39 is 54.0 Å². The number of phenols is 1. The van der Waals surface area contributed by atoms with Gasteiger partial charge in [-0.1, -0.05) is 55.8 Å². The Morgan fingerprint density at radius 2 is 1.64 bits per heavy atom. The molecule has 0 spiro atoms. The summed E-state index contributed by atoms with van der Waals surface area (Å²) in [5.74, 6) is -2.58. The topological polar surface area (TPSA) is 150 Å². The van der Waals surface area contributed by atoms with E-state index in [1.807, 2.05) is 44.2 Å². The molecule has 1 aliphatic rings. The van der Waals surface area contributed by atoms with Crippen LogP contribution in [0.2, 0.25) is 0 Å². The van der Waals surface area contributed by atoms with E-state index >= 15 is 0 Å². The maximum absolute atomic E-state index is 14.4. The van der Waals surface area contributed by atoms with E-state index in [-0.39, 0.29) is 24.0 Å². The number of esters is 1. The number of phenolic OH excluding ortho intramolecular Hbond substituents is 1. The number of benzene rings is 2. The van der Waals surface area contributed by atoms with Crippen molar-refractivity contribution in [1.29, 1.82) is 0 Å². The first-order valence-electron chi connectivity index (χ1n) is 15.9. The molecule has 252 valence electrons. The van der Waals surface area contributed by atoms with Crippen LogP contribution in [-0.4, -0.2) is 77.1 Å². The highest BCUT2D eigenvalue weighted by Gasteiger charge is 2.38. The van der Waals surface area contributed by atoms with Crippen LogP contribution in [0.4, 0.5) is 0 Å². The quantitative estimate of drug-likeness (QED) is 0.246. The highest BCUT2D eigenvalue weighted by molar-refractivity contribution is 5.93. The lowest BCUT2D eigenvalue weighted by molar-refractivity contribution is -0.164. The van der Waals surface area contributed by atoms with Gasteiger partial charge in [-0.2, -0.15) is 0 Å². The fourth-order valence-electron chi connectivity index (χ4n) is 6.01. The maximum Gasteiger partial charge on any atom is 0.338 e. The first kappa shape index (κ1) is 35.2. The minimum absolute atomic E-state index is 0.00862. The summed E-state index contributed by atoms with van der Waals surface area (Å²) in [7, 11) is 2.89. The van der Waals surface area contributed by atoms with Gasteiger partial charge in [-0.05, 0) is 56.5 Å². The third kappa shape index (κ3) is 8.40. The molecule has 1 aliphatic heterocycles. The number of nitrogens with zero attached hydrogens (tertiary/aromatic N) is 1. The highest BCUT2D eigenvalue weighted by Crippen LogP contribution is 2.27. The summed E-state index contributed by atoms with van der Waals surface area (Å²) >= 11 is 0. The molecule has 47 heavy (non-hydrogen) atoms. The second kappa shape index (κ2) is 15.3. The summed E-state index contributed by atoms with van der Waals surface area (Å²) in [5.41, 5.74) is 3.11. The van der Waals surface area contributed by atoms with Gasteiger partial charge in [-0.15, -0.1) is 0 Å². The number of amides is 3. The zero-order valence-electron chi connectivity index (χ0n) is 28.1. The molecule has 3 amide bonds. The van der Waals surface area contributed by atoms with Gasteiger partial charge in [0.25, 0.3) is 0 Å². The SMILES string of the molecule is CO[C@@H]1C(=O)O[C@H](C)[C@@H](C)/C=C(/C)C[C@H](C)C(=O)N[C@@H](C)C(=O)N(C)[C@H](Cc2c[nH]c3ccccc23)C(=O)N[C@H]1c1ccc(O)cc1. The van der Waals surface area contributed by atoms with Crippen LogP contribution in [0.1, 0.15) is 58.2 Å². The van der Waals surface area contributed by atoms with Crippen LogP contribution in [0.5, 0.6) is 5.75 Å². The number of aromatic amines is 1. The molecule has 11 nitrogen and oxygen atoms in total. The number of allylic oxidation sites excluding steroid dienone is 1. The summed E-state index contributed by atoms with van der Waals surface area (Å²) in [6, 6.07) is 10.7. The maximum atomic E-state index is 14.4. The molecule has 2 heterocycles. The molecule has 0 bridgehead atoms. The largest absolute Gasteiger partial charge is 0.508 e. The molecular weight excluding hydrogens is 600 g/mol. The van der Waals surface area contributed by atoms with Gasteiger partial charge in [0, 0.05) is 49.5 Å². The Morgan fingerprint density at radius 3 is 2.32 bits per heavy atom. The van der Waals surface area contributed by atoms with Crippen molar-refractivity contribution in [1.82, 2.24) is 20.5 Å². The Hall–Kier alpha value is -4.64. The van der Waals surface area contributed by atoms with Crippen LogP contribution < -0.4 is 10.6 Å². The molecule has 4 N–H and O–H groups in total. The molecule has 0 unspecified atom stereocenters. The number of hydrogen-bond acceptors (Lipinski definition) is 7. The third-order valence-corrected chi connectivity index (χ3v) is 8.94. The summed E-state index contributed by atoms with van der Waals surface area (Å²) in [6.07, 6.45) is 2.55. The lowest BCUT2D eigenvalue weighted by Crippen LogP contribution is -2.56. The van der Waals surface area contributed by atoms with Crippen LogP contribution in [0.25, 0.3) is 10.9 Å². The van der Waals surface area contributed by atoms with E-state index in [1.54, 1.807) is 39.1 Å². The highest BCUT2D eigenvalue weighted by atomic mass is 16.6. The Kier molecular flexibility index (Phi) is 11.5. The van der Waals surface area contributed by atoms with Crippen molar-refractivity contribution in [2.45, 2.75) is 77.8 Å². The molecule has 0 radical (unpaired) electrons. The summed E-state index contributed by atoms with van der Waals surface area (Å²) in [5, 5.41) is 16.7. The molecule has 11 heteroatoms. The third-order valence-electron chi connectivity index (χ3n) is 8.94. The minimum atomic E-state index is -1.25. The molecule has 0 saturated carbocycles. The predicted molar refractivity (Wildman–Crippen MR) is 178 cm³/mol. The van der Waals surface area contributed by atoms with Gasteiger partial charge in [0.1, 0.15) is 23.9 Å². The molecule has 3 aromatic rings. The van der Waals surface area contributed by atoms with Crippen molar-refractivity contribution in [3.8, 4) is 5.75 Å². The minimum Gasteiger partial charge on any atom is -0.508 e. The van der Waals surface area contributed by atoms with Gasteiger partial charge in [0.2, 0.25) is 17.7 Å². The van der Waals surface area contributed by atoms with Crippen molar-refractivity contribution < 1.29 is 33.8 Å². The number of likely N-dealkylation sites (N-methyl/N-ethyl adjacent to an activating group) is 1. The van der Waals surface area contributed by atoms with E-state index in [0.29, 0.717) is 12.0 Å². The van der Waals surface area contributed by atoms with Gasteiger partial charge in [-0.3, -0.25) is 14.4 Å². The fraction of sp³-hybridized carbons (Fsp3) is 0.444. The number of fused-ring (bicyclic) bond motifs is 1. The second-order valence-electron chi connectivity index (χ2n) is 12.6. The number of ether oxygens (including phenoxy) is 2. The van der Waals surface area contributed by atoms with Crippen LogP contribution in [-0.2, 0) is 35.1 Å². The average molecular weight is 647 g/mol. The van der Waals surface area contributed by atoms with Gasteiger partial charge in [-0.25, -0.2) is 4.79 Å². The van der Waals surface area contributed by atoms with Crippen LogP contribution in [0.15, 0.2) is 66.4 Å². The number of cyclic esters (lactones) is 1. The van der Waals surface area contributed by atoms with Gasteiger partial charge in [0.15, 0.2) is 6.10 Å². The number of hydrogen-bond donors (Lipinski definition) is 4. The predicted octanol–water partition coefficient (Wildman–Crippen LogP) is 4.17. The Balaban J connectivity index is 1.80. The van der Waals surface area contributed by atoms with Gasteiger partial charge in [0.05, 0.1) is 6.04 Å².